The summed E-state index contributed by atoms with van der Waals surface area (Å²) in [6, 6.07) is 2.25. The molecule has 1 heterocycles. The summed E-state index contributed by atoms with van der Waals surface area (Å²) in [6.07, 6.45) is 0.836. The fraction of sp³-hybridized carbons (Fsp3) is 0.111. The number of hydrogen-bond donors (Lipinski definition) is 3. The Morgan fingerprint density at radius 2 is 1.89 bits per heavy atom. The highest BCUT2D eigenvalue weighted by molar-refractivity contribution is 6.38. The number of anilines is 2. The summed E-state index contributed by atoms with van der Waals surface area (Å²) in [6.45, 7) is 1.97. The number of fused-ring (bicyclic) bond motifs is 1. The van der Waals surface area contributed by atoms with Crippen molar-refractivity contribution in [2.75, 3.05) is 17.6 Å². The Balaban J connectivity index is 2.56. The van der Waals surface area contributed by atoms with Gasteiger partial charge in [0.2, 0.25) is 5.43 Å². The van der Waals surface area contributed by atoms with Crippen molar-refractivity contribution in [1.29, 1.82) is 0 Å². The number of benzene rings is 2. The number of carboxylic acids is 1. The number of halogens is 4. The Kier molecular flexibility index (Phi) is 4.95. The molecule has 3 rings (SSSR count). The summed E-state index contributed by atoms with van der Waals surface area (Å²) < 4.78 is 43.4. The van der Waals surface area contributed by atoms with E-state index >= 15 is 0 Å². The number of nitrogens with one attached hydrogen (secondary N) is 1. The van der Waals surface area contributed by atoms with E-state index in [-0.39, 0.29) is 33.8 Å². The Labute approximate surface area is 161 Å². The summed E-state index contributed by atoms with van der Waals surface area (Å²) in [5, 5.41) is 11.3. The standard InChI is InChI=1S/C18H13ClF3N3O3/c1-2-24-15-11(22)3-7-16(14(15)19)25(6-8(17(7)26)18(27)28)13-5-12(23)9(20)4-10(13)21/h3-6,24H,2,23H2,1H3,(H,27,28). The minimum absolute atomic E-state index is 0.150. The summed E-state index contributed by atoms with van der Waals surface area (Å²) in [4.78, 5) is 24.0. The highest BCUT2D eigenvalue weighted by Gasteiger charge is 2.23. The molecule has 0 fully saturated rings. The smallest absolute Gasteiger partial charge is 0.341 e. The van der Waals surface area contributed by atoms with Crippen molar-refractivity contribution in [2.24, 2.45) is 0 Å². The molecule has 0 saturated carbocycles. The molecule has 146 valence electrons. The number of aromatic nitrogens is 1. The first-order valence-electron chi connectivity index (χ1n) is 7.96. The molecule has 6 nitrogen and oxygen atoms in total. The lowest BCUT2D eigenvalue weighted by atomic mass is 10.1. The summed E-state index contributed by atoms with van der Waals surface area (Å²) in [7, 11) is 0. The lowest BCUT2D eigenvalue weighted by Crippen LogP contribution is -2.20. The molecule has 0 unspecified atom stereocenters. The van der Waals surface area contributed by atoms with Crippen LogP contribution in [-0.2, 0) is 0 Å². The Morgan fingerprint density at radius 1 is 1.21 bits per heavy atom. The van der Waals surface area contributed by atoms with Gasteiger partial charge in [-0.2, -0.15) is 0 Å². The molecular formula is C18H13ClF3N3O3. The van der Waals surface area contributed by atoms with Crippen LogP contribution in [0.2, 0.25) is 5.02 Å². The molecule has 0 atom stereocenters. The molecule has 3 aromatic rings. The molecule has 2 aromatic carbocycles. The third-order valence-corrected chi connectivity index (χ3v) is 4.46. The van der Waals surface area contributed by atoms with Gasteiger partial charge < -0.3 is 20.7 Å². The van der Waals surface area contributed by atoms with Gasteiger partial charge in [0.05, 0.1) is 33.0 Å². The molecule has 0 aliphatic heterocycles. The molecule has 0 bridgehead atoms. The maximum Gasteiger partial charge on any atom is 0.341 e. The monoisotopic (exact) mass is 411 g/mol. The van der Waals surface area contributed by atoms with Crippen LogP contribution in [0, 0.1) is 17.5 Å². The second kappa shape index (κ2) is 7.08. The first-order chi connectivity index (χ1) is 13.2. The van der Waals surface area contributed by atoms with E-state index < -0.39 is 40.1 Å². The number of carboxylic acid groups (broad SMARTS) is 1. The van der Waals surface area contributed by atoms with E-state index in [9.17, 15) is 27.9 Å². The maximum absolute atomic E-state index is 14.5. The largest absolute Gasteiger partial charge is 0.477 e. The maximum atomic E-state index is 14.5. The third-order valence-electron chi connectivity index (χ3n) is 4.09. The van der Waals surface area contributed by atoms with E-state index in [1.165, 1.54) is 0 Å². The zero-order chi connectivity index (χ0) is 20.7. The van der Waals surface area contributed by atoms with Gasteiger partial charge in [0, 0.05) is 18.8 Å². The number of nitrogen functional groups attached to an aromatic ring is 1. The van der Waals surface area contributed by atoms with Gasteiger partial charge in [-0.05, 0) is 19.1 Å². The fourth-order valence-corrected chi connectivity index (χ4v) is 3.18. The van der Waals surface area contributed by atoms with Crippen LogP contribution in [0.3, 0.4) is 0 Å². The SMILES string of the molecule is CCNc1c(F)cc2c(=O)c(C(=O)O)cn(-c3cc(N)c(F)cc3F)c2c1Cl. The lowest BCUT2D eigenvalue weighted by Gasteiger charge is -2.17. The summed E-state index contributed by atoms with van der Waals surface area (Å²) in [5.74, 6) is -4.60. The second-order valence-corrected chi connectivity index (χ2v) is 6.22. The van der Waals surface area contributed by atoms with Crippen LogP contribution in [0.5, 0.6) is 0 Å². The first kappa shape index (κ1) is 19.6. The topological polar surface area (TPSA) is 97.4 Å². The Hall–Kier alpha value is -3.20. The van der Waals surface area contributed by atoms with Crippen molar-refractivity contribution in [3.05, 3.63) is 62.7 Å². The second-order valence-electron chi connectivity index (χ2n) is 5.85. The number of pyridine rings is 1. The highest BCUT2D eigenvalue weighted by Crippen LogP contribution is 2.35. The van der Waals surface area contributed by atoms with Crippen molar-refractivity contribution < 1.29 is 23.1 Å². The van der Waals surface area contributed by atoms with Gasteiger partial charge in [0.25, 0.3) is 0 Å². The van der Waals surface area contributed by atoms with Crippen molar-refractivity contribution >= 4 is 39.8 Å². The van der Waals surface area contributed by atoms with Crippen LogP contribution in [0.25, 0.3) is 16.6 Å². The van der Waals surface area contributed by atoms with Crippen LogP contribution < -0.4 is 16.5 Å². The molecule has 4 N–H and O–H groups in total. The molecule has 0 amide bonds. The van der Waals surface area contributed by atoms with Gasteiger partial charge in [-0.3, -0.25) is 4.79 Å². The van der Waals surface area contributed by atoms with Gasteiger partial charge in [-0.25, -0.2) is 18.0 Å². The van der Waals surface area contributed by atoms with Crippen LogP contribution in [0.15, 0.2) is 29.2 Å². The van der Waals surface area contributed by atoms with E-state index in [1.807, 2.05) is 0 Å². The minimum atomic E-state index is -1.61. The predicted molar refractivity (Wildman–Crippen MR) is 100.0 cm³/mol. The average Bonchev–Trinajstić information content (AvgIpc) is 2.62. The molecule has 10 heteroatoms. The molecule has 28 heavy (non-hydrogen) atoms. The first-order valence-corrected chi connectivity index (χ1v) is 8.34. The van der Waals surface area contributed by atoms with Crippen LogP contribution in [0.4, 0.5) is 24.5 Å². The van der Waals surface area contributed by atoms with E-state index in [1.54, 1.807) is 6.92 Å². The third kappa shape index (κ3) is 3.03. The number of carbonyl (C=O) groups is 1. The molecular weight excluding hydrogens is 399 g/mol. The molecule has 1 aromatic heterocycles. The van der Waals surface area contributed by atoms with E-state index in [0.717, 1.165) is 22.9 Å². The number of hydrogen-bond acceptors (Lipinski definition) is 4. The number of rotatable bonds is 4. The zero-order valence-corrected chi connectivity index (χ0v) is 15.1. The summed E-state index contributed by atoms with van der Waals surface area (Å²) in [5.41, 5.74) is 2.68. The molecule has 0 spiro atoms. The minimum Gasteiger partial charge on any atom is -0.477 e. The molecule has 0 aliphatic rings. The zero-order valence-electron chi connectivity index (χ0n) is 14.3. The lowest BCUT2D eigenvalue weighted by molar-refractivity contribution is 0.0695. The van der Waals surface area contributed by atoms with Gasteiger partial charge in [0.1, 0.15) is 23.0 Å². The number of nitrogens with zero attached hydrogens (tertiary/aromatic N) is 1. The molecule has 0 saturated heterocycles. The van der Waals surface area contributed by atoms with E-state index in [4.69, 9.17) is 17.3 Å². The Morgan fingerprint density at radius 3 is 2.50 bits per heavy atom. The quantitative estimate of drug-likeness (QED) is 0.568. The molecule has 0 aliphatic carbocycles. The number of aromatic carboxylic acids is 1. The van der Waals surface area contributed by atoms with Crippen molar-refractivity contribution in [1.82, 2.24) is 4.57 Å². The van der Waals surface area contributed by atoms with Gasteiger partial charge in [-0.15, -0.1) is 0 Å². The van der Waals surface area contributed by atoms with E-state index in [2.05, 4.69) is 5.32 Å². The number of nitrogens with two attached hydrogens (primary N) is 1. The van der Waals surface area contributed by atoms with Crippen LogP contribution >= 0.6 is 11.6 Å². The normalized spacial score (nSPS) is 11.0. The fourth-order valence-electron chi connectivity index (χ4n) is 2.83. The van der Waals surface area contributed by atoms with Gasteiger partial charge >= 0.3 is 5.97 Å². The van der Waals surface area contributed by atoms with Gasteiger partial charge in [0.15, 0.2) is 0 Å². The van der Waals surface area contributed by atoms with Crippen molar-refractivity contribution in [3.63, 3.8) is 0 Å². The van der Waals surface area contributed by atoms with Gasteiger partial charge in [-0.1, -0.05) is 11.6 Å². The average molecular weight is 412 g/mol. The highest BCUT2D eigenvalue weighted by atomic mass is 35.5. The van der Waals surface area contributed by atoms with Crippen molar-refractivity contribution in [3.8, 4) is 5.69 Å². The predicted octanol–water partition coefficient (Wildman–Crippen LogP) is 3.77. The molecule has 0 radical (unpaired) electrons. The van der Waals surface area contributed by atoms with Crippen LogP contribution in [-0.4, -0.2) is 22.2 Å². The van der Waals surface area contributed by atoms with Crippen LogP contribution in [0.1, 0.15) is 17.3 Å². The Bertz CT molecular complexity index is 1190. The van der Waals surface area contributed by atoms with E-state index in [0.29, 0.717) is 6.07 Å². The summed E-state index contributed by atoms with van der Waals surface area (Å²) >= 11 is 6.27. The van der Waals surface area contributed by atoms with Crippen molar-refractivity contribution in [2.45, 2.75) is 6.92 Å².